The first-order valence-corrected chi connectivity index (χ1v) is 15.5. The maximum atomic E-state index is 9.58. The van der Waals surface area contributed by atoms with Gasteiger partial charge in [0.05, 0.1) is 25.3 Å². The third-order valence-electron chi connectivity index (χ3n) is 7.34. The zero-order valence-electron chi connectivity index (χ0n) is 21.1. The Morgan fingerprint density at radius 1 is 1.23 bits per heavy atom. The van der Waals surface area contributed by atoms with E-state index >= 15 is 0 Å². The van der Waals surface area contributed by atoms with Crippen LogP contribution in [0.25, 0.3) is 22.2 Å². The van der Waals surface area contributed by atoms with Gasteiger partial charge < -0.3 is 14.6 Å². The highest BCUT2D eigenvalue weighted by atomic mass is 32.3. The first-order valence-electron chi connectivity index (χ1n) is 12.4. The Kier molecular flexibility index (Phi) is 6.91. The van der Waals surface area contributed by atoms with Crippen LogP contribution in [0, 0.1) is 11.3 Å². The lowest BCUT2D eigenvalue weighted by atomic mass is 9.84. The molecule has 2 aliphatic heterocycles. The molecule has 8 nitrogen and oxygen atoms in total. The van der Waals surface area contributed by atoms with Gasteiger partial charge in [0.2, 0.25) is 0 Å². The van der Waals surface area contributed by atoms with Gasteiger partial charge in [-0.2, -0.15) is 10.4 Å². The molecule has 0 aromatic carbocycles. The fourth-order valence-corrected chi connectivity index (χ4v) is 5.88. The molecule has 0 saturated carbocycles. The SMILES string of the molecule is CS(C)(C)CCOCn1ccc2c(-c3cnn(C4(CC#N)CN(C5CCNCC5)C4)c3)ccnc21. The molecule has 0 spiro atoms. The van der Waals surface area contributed by atoms with Crippen LogP contribution in [0.15, 0.2) is 36.9 Å². The van der Waals surface area contributed by atoms with Crippen LogP contribution in [-0.2, 0) is 17.0 Å². The minimum Gasteiger partial charge on any atom is -0.360 e. The van der Waals surface area contributed by atoms with E-state index in [2.05, 4.69) is 69.1 Å². The maximum absolute atomic E-state index is 9.58. The van der Waals surface area contributed by atoms with Crippen LogP contribution >= 0.6 is 10.0 Å². The number of aromatic nitrogens is 4. The second-order valence-electron chi connectivity index (χ2n) is 10.8. The Bertz CT molecular complexity index is 1190. The quantitative estimate of drug-likeness (QED) is 0.459. The lowest BCUT2D eigenvalue weighted by Gasteiger charge is -2.53. The fraction of sp³-hybridized carbons (Fsp3) is 0.577. The molecule has 0 atom stereocenters. The molecule has 2 aliphatic rings. The molecular weight excluding hydrogens is 458 g/mol. The third kappa shape index (κ3) is 5.12. The number of rotatable bonds is 9. The zero-order chi connectivity index (χ0) is 24.5. The van der Waals surface area contributed by atoms with E-state index in [1.54, 1.807) is 0 Å². The number of hydrogen-bond donors (Lipinski definition) is 1. The van der Waals surface area contributed by atoms with E-state index < -0.39 is 10.0 Å². The summed E-state index contributed by atoms with van der Waals surface area (Å²) in [5.74, 6) is 1.10. The summed E-state index contributed by atoms with van der Waals surface area (Å²) >= 11 is 0. The first-order chi connectivity index (χ1) is 16.9. The van der Waals surface area contributed by atoms with Crippen LogP contribution in [0.1, 0.15) is 19.3 Å². The Balaban J connectivity index is 1.32. The van der Waals surface area contributed by atoms with E-state index in [0.717, 1.165) is 60.7 Å². The van der Waals surface area contributed by atoms with Gasteiger partial charge in [0.1, 0.15) is 17.9 Å². The van der Waals surface area contributed by atoms with E-state index in [-0.39, 0.29) is 5.54 Å². The minimum atomic E-state index is -0.557. The average molecular weight is 496 g/mol. The van der Waals surface area contributed by atoms with E-state index in [0.29, 0.717) is 19.2 Å². The maximum Gasteiger partial charge on any atom is 0.142 e. The molecule has 2 fully saturated rings. The van der Waals surface area contributed by atoms with Crippen LogP contribution in [0.4, 0.5) is 0 Å². The highest BCUT2D eigenvalue weighted by Crippen LogP contribution is 2.37. The Labute approximate surface area is 209 Å². The highest BCUT2D eigenvalue weighted by molar-refractivity contribution is 8.32. The number of likely N-dealkylation sites (tertiary alicyclic amines) is 1. The van der Waals surface area contributed by atoms with Crippen LogP contribution in [0.5, 0.6) is 0 Å². The molecular formula is C26H37N7OS. The van der Waals surface area contributed by atoms with Crippen molar-refractivity contribution in [2.45, 2.75) is 37.6 Å². The second kappa shape index (κ2) is 9.94. The van der Waals surface area contributed by atoms with Gasteiger partial charge in [-0.05, 0) is 62.4 Å². The van der Waals surface area contributed by atoms with Crippen molar-refractivity contribution in [3.8, 4) is 17.2 Å². The molecule has 188 valence electrons. The number of nitrogens with one attached hydrogen (secondary N) is 1. The molecule has 5 rings (SSSR count). The van der Waals surface area contributed by atoms with Crippen molar-refractivity contribution in [3.63, 3.8) is 0 Å². The number of ether oxygens (including phenoxy) is 1. The van der Waals surface area contributed by atoms with Crippen molar-refractivity contribution >= 4 is 21.1 Å². The topological polar surface area (TPSA) is 83.9 Å². The van der Waals surface area contributed by atoms with Crippen molar-refractivity contribution < 1.29 is 4.74 Å². The Morgan fingerprint density at radius 2 is 2.03 bits per heavy atom. The summed E-state index contributed by atoms with van der Waals surface area (Å²) in [4.78, 5) is 7.17. The lowest BCUT2D eigenvalue weighted by molar-refractivity contribution is -0.0339. The number of nitrogens with zero attached hydrogens (tertiary/aromatic N) is 6. The molecule has 3 aromatic heterocycles. The van der Waals surface area contributed by atoms with E-state index in [1.807, 2.05) is 17.1 Å². The smallest absolute Gasteiger partial charge is 0.142 e. The van der Waals surface area contributed by atoms with Crippen molar-refractivity contribution in [3.05, 3.63) is 36.9 Å². The number of fused-ring (bicyclic) bond motifs is 1. The molecule has 3 aromatic rings. The predicted octanol–water partition coefficient (Wildman–Crippen LogP) is 3.24. The van der Waals surface area contributed by atoms with E-state index in [9.17, 15) is 5.26 Å². The first kappa shape index (κ1) is 24.3. The predicted molar refractivity (Wildman–Crippen MR) is 143 cm³/mol. The molecule has 0 unspecified atom stereocenters. The fourth-order valence-electron chi connectivity index (χ4n) is 5.26. The standard InChI is InChI=1S/C26H37N7OS/c1-35(2,3)15-14-34-20-31-13-7-24-23(6-12-29-25(24)31)21-16-30-33(17-21)26(8-9-27)18-32(19-26)22-4-10-28-11-5-22/h6-7,12-13,16-17,22,28H,4-5,8,10-11,14-15,18-20H2,1-3H3. The summed E-state index contributed by atoms with van der Waals surface area (Å²) in [7, 11) is -0.557. The van der Waals surface area contributed by atoms with Crippen molar-refractivity contribution in [1.82, 2.24) is 29.5 Å². The molecule has 0 aliphatic carbocycles. The summed E-state index contributed by atoms with van der Waals surface area (Å²) < 4.78 is 10.1. The van der Waals surface area contributed by atoms with Gasteiger partial charge in [-0.25, -0.2) is 15.0 Å². The van der Waals surface area contributed by atoms with Crippen LogP contribution in [-0.4, -0.2) is 87.6 Å². The molecule has 1 N–H and O–H groups in total. The largest absolute Gasteiger partial charge is 0.360 e. The van der Waals surface area contributed by atoms with Gasteiger partial charge >= 0.3 is 0 Å². The average Bonchev–Trinajstić information content (AvgIpc) is 3.47. The summed E-state index contributed by atoms with van der Waals surface area (Å²) in [6.45, 7) is 5.22. The normalized spacial score (nSPS) is 19.5. The van der Waals surface area contributed by atoms with Crippen LogP contribution < -0.4 is 5.32 Å². The van der Waals surface area contributed by atoms with Gasteiger partial charge in [0.15, 0.2) is 0 Å². The van der Waals surface area contributed by atoms with Crippen molar-refractivity contribution in [2.24, 2.45) is 0 Å². The Hall–Kier alpha value is -2.38. The summed E-state index contributed by atoms with van der Waals surface area (Å²) in [6.07, 6.45) is 17.7. The van der Waals surface area contributed by atoms with Gasteiger partial charge in [-0.1, -0.05) is 0 Å². The highest BCUT2D eigenvalue weighted by Gasteiger charge is 2.47. The molecule has 9 heteroatoms. The van der Waals surface area contributed by atoms with Crippen molar-refractivity contribution in [2.75, 3.05) is 57.3 Å². The number of nitriles is 1. The van der Waals surface area contributed by atoms with Crippen molar-refractivity contribution in [1.29, 1.82) is 5.26 Å². The van der Waals surface area contributed by atoms with Gasteiger partial charge in [-0.3, -0.25) is 9.58 Å². The molecule has 35 heavy (non-hydrogen) atoms. The second-order valence-corrected chi connectivity index (χ2v) is 15.4. The van der Waals surface area contributed by atoms with E-state index in [4.69, 9.17) is 9.84 Å². The molecule has 0 amide bonds. The number of pyridine rings is 1. The lowest BCUT2D eigenvalue weighted by Crippen LogP contribution is -2.66. The van der Waals surface area contributed by atoms with Gasteiger partial charge in [0, 0.05) is 54.4 Å². The summed E-state index contributed by atoms with van der Waals surface area (Å²) in [5.41, 5.74) is 2.86. The third-order valence-corrected chi connectivity index (χ3v) is 8.73. The number of hydrogen-bond acceptors (Lipinski definition) is 6. The monoisotopic (exact) mass is 495 g/mol. The Morgan fingerprint density at radius 3 is 2.77 bits per heavy atom. The zero-order valence-corrected chi connectivity index (χ0v) is 21.9. The number of piperidine rings is 1. The minimum absolute atomic E-state index is 0.237. The molecule has 5 heterocycles. The van der Waals surface area contributed by atoms with Gasteiger partial charge in [0.25, 0.3) is 0 Å². The molecule has 0 radical (unpaired) electrons. The van der Waals surface area contributed by atoms with Crippen LogP contribution in [0.3, 0.4) is 0 Å². The summed E-state index contributed by atoms with van der Waals surface area (Å²) in [5, 5.41) is 18.9. The van der Waals surface area contributed by atoms with Crippen LogP contribution in [0.2, 0.25) is 0 Å². The molecule has 0 bridgehead atoms. The van der Waals surface area contributed by atoms with Gasteiger partial charge in [-0.15, -0.1) is 0 Å². The molecule has 2 saturated heterocycles. The van der Waals surface area contributed by atoms with E-state index in [1.165, 1.54) is 12.8 Å². The summed E-state index contributed by atoms with van der Waals surface area (Å²) in [6, 6.07) is 7.20.